The first-order valence-electron chi connectivity index (χ1n) is 6.72. The lowest BCUT2D eigenvalue weighted by Gasteiger charge is -2.09. The monoisotopic (exact) mass is 287 g/mol. The molecule has 2 amide bonds. The van der Waals surface area contributed by atoms with E-state index in [1.54, 1.807) is 18.2 Å². The third-order valence-corrected chi connectivity index (χ3v) is 3.08. The molecule has 0 bridgehead atoms. The van der Waals surface area contributed by atoms with Crippen LogP contribution in [0.25, 0.3) is 0 Å². The number of carbonyl (C=O) groups is 1. The average Bonchev–Trinajstić information content (AvgIpc) is 2.52. The molecule has 0 aliphatic carbocycles. The van der Waals surface area contributed by atoms with Crippen molar-refractivity contribution in [3.05, 3.63) is 71.0 Å². The zero-order valence-corrected chi connectivity index (χ0v) is 11.6. The molecule has 2 rings (SSSR count). The van der Waals surface area contributed by atoms with Gasteiger partial charge in [-0.1, -0.05) is 42.5 Å². The van der Waals surface area contributed by atoms with Crippen molar-refractivity contribution in [1.29, 1.82) is 0 Å². The minimum absolute atomic E-state index is 0.154. The molecule has 0 radical (unpaired) electrons. The highest BCUT2D eigenvalue weighted by atomic mass is 19.1. The molecule has 0 saturated carbocycles. The molecule has 2 aromatic rings. The number of nitrogens with one attached hydrogen (secondary N) is 2. The van der Waals surface area contributed by atoms with Crippen LogP contribution < -0.4 is 16.4 Å². The van der Waals surface area contributed by atoms with Crippen LogP contribution in [0.2, 0.25) is 0 Å². The van der Waals surface area contributed by atoms with Gasteiger partial charge in [0, 0.05) is 25.2 Å². The van der Waals surface area contributed by atoms with E-state index >= 15 is 0 Å². The van der Waals surface area contributed by atoms with Gasteiger partial charge in [0.2, 0.25) is 0 Å². The Morgan fingerprint density at radius 1 is 1.00 bits per heavy atom. The summed E-state index contributed by atoms with van der Waals surface area (Å²) in [5.41, 5.74) is 8.01. The number of urea groups is 1. The Morgan fingerprint density at radius 2 is 1.71 bits per heavy atom. The van der Waals surface area contributed by atoms with Gasteiger partial charge in [0.1, 0.15) is 5.82 Å². The second-order valence-corrected chi connectivity index (χ2v) is 4.65. The SMILES string of the molecule is NCc1cccc(CNC(=O)NCc2ccccc2F)c1. The summed E-state index contributed by atoms with van der Waals surface area (Å²) in [5, 5.41) is 5.35. The molecule has 4 N–H and O–H groups in total. The van der Waals surface area contributed by atoms with Crippen molar-refractivity contribution >= 4 is 6.03 Å². The zero-order valence-electron chi connectivity index (χ0n) is 11.6. The lowest BCUT2D eigenvalue weighted by Crippen LogP contribution is -2.34. The molecule has 5 heteroatoms. The molecule has 4 nitrogen and oxygen atoms in total. The van der Waals surface area contributed by atoms with E-state index in [1.807, 2.05) is 24.3 Å². The van der Waals surface area contributed by atoms with Gasteiger partial charge in [-0.2, -0.15) is 0 Å². The van der Waals surface area contributed by atoms with Gasteiger partial charge < -0.3 is 16.4 Å². The fraction of sp³-hybridized carbons (Fsp3) is 0.188. The van der Waals surface area contributed by atoms with Crippen molar-refractivity contribution < 1.29 is 9.18 Å². The van der Waals surface area contributed by atoms with Crippen molar-refractivity contribution in [3.63, 3.8) is 0 Å². The van der Waals surface area contributed by atoms with Crippen LogP contribution in [0.15, 0.2) is 48.5 Å². The summed E-state index contributed by atoms with van der Waals surface area (Å²) in [6.07, 6.45) is 0. The molecule has 110 valence electrons. The summed E-state index contributed by atoms with van der Waals surface area (Å²) in [6, 6.07) is 13.7. The van der Waals surface area contributed by atoms with Gasteiger partial charge in [0.05, 0.1) is 0 Å². The molecule has 0 heterocycles. The summed E-state index contributed by atoms with van der Waals surface area (Å²) in [5.74, 6) is -0.326. The fourth-order valence-electron chi connectivity index (χ4n) is 1.93. The number of hydrogen-bond acceptors (Lipinski definition) is 2. The Balaban J connectivity index is 1.81. The molecule has 0 unspecified atom stereocenters. The second-order valence-electron chi connectivity index (χ2n) is 4.65. The van der Waals surface area contributed by atoms with Gasteiger partial charge in [0.25, 0.3) is 0 Å². The summed E-state index contributed by atoms with van der Waals surface area (Å²) >= 11 is 0. The summed E-state index contributed by atoms with van der Waals surface area (Å²) in [7, 11) is 0. The van der Waals surface area contributed by atoms with Crippen molar-refractivity contribution in [2.45, 2.75) is 19.6 Å². The van der Waals surface area contributed by atoms with Gasteiger partial charge in [-0.25, -0.2) is 9.18 Å². The number of nitrogens with two attached hydrogens (primary N) is 1. The van der Waals surface area contributed by atoms with E-state index in [2.05, 4.69) is 10.6 Å². The van der Waals surface area contributed by atoms with Gasteiger partial charge in [-0.05, 0) is 17.2 Å². The molecule has 0 fully saturated rings. The van der Waals surface area contributed by atoms with Crippen LogP contribution >= 0.6 is 0 Å². The van der Waals surface area contributed by atoms with Crippen LogP contribution in [0, 0.1) is 5.82 Å². The number of hydrogen-bond donors (Lipinski definition) is 3. The van der Waals surface area contributed by atoms with Crippen LogP contribution in [0.3, 0.4) is 0 Å². The predicted molar refractivity (Wildman–Crippen MR) is 79.8 cm³/mol. The average molecular weight is 287 g/mol. The van der Waals surface area contributed by atoms with Crippen molar-refractivity contribution in [2.75, 3.05) is 0 Å². The van der Waals surface area contributed by atoms with E-state index in [0.717, 1.165) is 11.1 Å². The largest absolute Gasteiger partial charge is 0.334 e. The summed E-state index contributed by atoms with van der Waals surface area (Å²) < 4.78 is 13.4. The molecular weight excluding hydrogens is 269 g/mol. The van der Waals surface area contributed by atoms with Crippen LogP contribution in [0.4, 0.5) is 9.18 Å². The molecule has 2 aromatic carbocycles. The number of carbonyl (C=O) groups excluding carboxylic acids is 1. The molecule has 0 atom stereocenters. The minimum Gasteiger partial charge on any atom is -0.334 e. The van der Waals surface area contributed by atoms with E-state index in [1.165, 1.54) is 6.07 Å². The highest BCUT2D eigenvalue weighted by Crippen LogP contribution is 2.06. The smallest absolute Gasteiger partial charge is 0.315 e. The first-order chi connectivity index (χ1) is 10.2. The Bertz CT molecular complexity index is 616. The number of benzene rings is 2. The van der Waals surface area contributed by atoms with Gasteiger partial charge in [-0.15, -0.1) is 0 Å². The van der Waals surface area contributed by atoms with E-state index in [9.17, 15) is 9.18 Å². The van der Waals surface area contributed by atoms with Crippen LogP contribution in [0.5, 0.6) is 0 Å². The maximum Gasteiger partial charge on any atom is 0.315 e. The predicted octanol–water partition coefficient (Wildman–Crippen LogP) is 2.28. The standard InChI is InChI=1S/C16H18FN3O/c17-15-7-2-1-6-14(15)11-20-16(21)19-10-13-5-3-4-12(8-13)9-18/h1-8H,9-11,18H2,(H2,19,20,21). The lowest BCUT2D eigenvalue weighted by atomic mass is 10.1. The fourth-order valence-corrected chi connectivity index (χ4v) is 1.93. The molecule has 0 aliphatic rings. The van der Waals surface area contributed by atoms with Crippen LogP contribution in [0.1, 0.15) is 16.7 Å². The highest BCUT2D eigenvalue weighted by molar-refractivity contribution is 5.73. The zero-order chi connectivity index (χ0) is 15.1. The molecule has 0 saturated heterocycles. The second kappa shape index (κ2) is 7.40. The van der Waals surface area contributed by atoms with Crippen molar-refractivity contribution in [3.8, 4) is 0 Å². The molecular formula is C16H18FN3O. The van der Waals surface area contributed by atoms with E-state index in [4.69, 9.17) is 5.73 Å². The Morgan fingerprint density at radius 3 is 2.48 bits per heavy atom. The Kier molecular flexibility index (Phi) is 5.29. The van der Waals surface area contributed by atoms with E-state index < -0.39 is 0 Å². The number of amides is 2. The highest BCUT2D eigenvalue weighted by Gasteiger charge is 2.04. The lowest BCUT2D eigenvalue weighted by molar-refractivity contribution is 0.240. The number of halogens is 1. The normalized spacial score (nSPS) is 10.2. The number of rotatable bonds is 5. The van der Waals surface area contributed by atoms with Crippen LogP contribution in [-0.2, 0) is 19.6 Å². The summed E-state index contributed by atoms with van der Waals surface area (Å²) in [6.45, 7) is 1.02. The first kappa shape index (κ1) is 15.0. The van der Waals surface area contributed by atoms with Gasteiger partial charge in [-0.3, -0.25) is 0 Å². The van der Waals surface area contributed by atoms with E-state index in [0.29, 0.717) is 18.7 Å². The maximum absolute atomic E-state index is 13.4. The molecule has 0 aromatic heterocycles. The van der Waals surface area contributed by atoms with Crippen LogP contribution in [-0.4, -0.2) is 6.03 Å². The van der Waals surface area contributed by atoms with Gasteiger partial charge >= 0.3 is 6.03 Å². The minimum atomic E-state index is -0.337. The molecule has 0 spiro atoms. The van der Waals surface area contributed by atoms with Gasteiger partial charge in [0.15, 0.2) is 0 Å². The van der Waals surface area contributed by atoms with E-state index in [-0.39, 0.29) is 18.4 Å². The van der Waals surface area contributed by atoms with Crippen molar-refractivity contribution in [1.82, 2.24) is 10.6 Å². The molecule has 0 aliphatic heterocycles. The quantitative estimate of drug-likeness (QED) is 0.790. The Labute approximate surface area is 123 Å². The first-order valence-corrected chi connectivity index (χ1v) is 6.72. The Hall–Kier alpha value is -2.40. The molecule has 21 heavy (non-hydrogen) atoms. The third kappa shape index (κ3) is 4.57. The third-order valence-electron chi connectivity index (χ3n) is 3.08. The van der Waals surface area contributed by atoms with Crippen molar-refractivity contribution in [2.24, 2.45) is 5.73 Å². The summed E-state index contributed by atoms with van der Waals surface area (Å²) in [4.78, 5) is 11.7. The maximum atomic E-state index is 13.4. The topological polar surface area (TPSA) is 67.1 Å².